The van der Waals surface area contributed by atoms with Gasteiger partial charge in [-0.2, -0.15) is 5.10 Å². The molecule has 1 heterocycles. The predicted molar refractivity (Wildman–Crippen MR) is 97.3 cm³/mol. The van der Waals surface area contributed by atoms with Gasteiger partial charge in [-0.15, -0.1) is 24.0 Å². The Bertz CT molecular complexity index is 462. The molecule has 0 aliphatic carbocycles. The molecule has 0 aliphatic rings. The van der Waals surface area contributed by atoms with Crippen molar-refractivity contribution >= 4 is 35.9 Å². The molecular formula is C14H26IN5O2. The molecule has 8 heteroatoms. The van der Waals surface area contributed by atoms with E-state index in [0.29, 0.717) is 13.0 Å². The number of rotatable bonds is 8. The summed E-state index contributed by atoms with van der Waals surface area (Å²) in [6.07, 6.45) is 5.10. The third-order valence-corrected chi connectivity index (χ3v) is 3.16. The molecule has 22 heavy (non-hydrogen) atoms. The molecular weight excluding hydrogens is 397 g/mol. The molecule has 1 aromatic heterocycles. The third kappa shape index (κ3) is 8.20. The van der Waals surface area contributed by atoms with Crippen molar-refractivity contribution in [2.75, 3.05) is 20.7 Å². The second-order valence-corrected chi connectivity index (χ2v) is 4.69. The molecule has 0 unspecified atom stereocenters. The van der Waals surface area contributed by atoms with E-state index in [1.807, 2.05) is 17.8 Å². The summed E-state index contributed by atoms with van der Waals surface area (Å²) in [5.41, 5.74) is 1.09. The Labute approximate surface area is 148 Å². The minimum absolute atomic E-state index is 0. The van der Waals surface area contributed by atoms with Crippen molar-refractivity contribution in [3.63, 3.8) is 0 Å². The Kier molecular flexibility index (Phi) is 11.5. The fourth-order valence-electron chi connectivity index (χ4n) is 1.85. The van der Waals surface area contributed by atoms with Crippen LogP contribution in [0.25, 0.3) is 0 Å². The van der Waals surface area contributed by atoms with Crippen LogP contribution in [0.2, 0.25) is 0 Å². The van der Waals surface area contributed by atoms with Crippen molar-refractivity contribution in [3.05, 3.63) is 18.0 Å². The Morgan fingerprint density at radius 3 is 2.73 bits per heavy atom. The van der Waals surface area contributed by atoms with Gasteiger partial charge in [0, 0.05) is 33.3 Å². The number of nitrogens with zero attached hydrogens (tertiary/aromatic N) is 3. The number of ether oxygens (including phenoxy) is 1. The van der Waals surface area contributed by atoms with Crippen LogP contribution < -0.4 is 10.6 Å². The molecule has 1 rings (SSSR count). The fourth-order valence-corrected chi connectivity index (χ4v) is 1.85. The maximum Gasteiger partial charge on any atom is 0.305 e. The lowest BCUT2D eigenvalue weighted by molar-refractivity contribution is -0.140. The molecule has 0 atom stereocenters. The van der Waals surface area contributed by atoms with Crippen molar-refractivity contribution in [1.82, 2.24) is 20.4 Å². The van der Waals surface area contributed by atoms with E-state index < -0.39 is 0 Å². The lowest BCUT2D eigenvalue weighted by Crippen LogP contribution is -2.37. The normalized spacial score (nSPS) is 10.8. The Hall–Kier alpha value is -1.32. The smallest absolute Gasteiger partial charge is 0.305 e. The molecule has 0 aliphatic heterocycles. The van der Waals surface area contributed by atoms with Crippen LogP contribution in [-0.4, -0.2) is 42.4 Å². The van der Waals surface area contributed by atoms with Crippen LogP contribution in [0.3, 0.4) is 0 Å². The number of nitrogens with one attached hydrogen (secondary N) is 2. The minimum atomic E-state index is -0.142. The maximum absolute atomic E-state index is 11.0. The van der Waals surface area contributed by atoms with Crippen LogP contribution in [0.5, 0.6) is 0 Å². The van der Waals surface area contributed by atoms with Gasteiger partial charge in [0.05, 0.1) is 19.3 Å². The number of hydrogen-bond donors (Lipinski definition) is 2. The van der Waals surface area contributed by atoms with Crippen LogP contribution in [-0.2, 0) is 23.1 Å². The number of aliphatic imine (C=N–C) groups is 1. The topological polar surface area (TPSA) is 80.5 Å². The molecule has 0 spiro atoms. The molecule has 2 N–H and O–H groups in total. The maximum atomic E-state index is 11.0. The van der Waals surface area contributed by atoms with Gasteiger partial charge in [0.2, 0.25) is 0 Å². The van der Waals surface area contributed by atoms with Crippen LogP contribution in [0.4, 0.5) is 0 Å². The SMILES string of the molecule is CN=C(NCCCCCC(=O)OC)NCc1ccnn1C.I. The molecule has 1 aromatic rings. The average molecular weight is 423 g/mol. The first-order valence-electron chi connectivity index (χ1n) is 7.15. The number of aromatic nitrogens is 2. The summed E-state index contributed by atoms with van der Waals surface area (Å²) >= 11 is 0. The zero-order valence-corrected chi connectivity index (χ0v) is 15.8. The van der Waals surface area contributed by atoms with Gasteiger partial charge < -0.3 is 15.4 Å². The van der Waals surface area contributed by atoms with Gasteiger partial charge in [-0.3, -0.25) is 14.5 Å². The minimum Gasteiger partial charge on any atom is -0.469 e. The van der Waals surface area contributed by atoms with Crippen LogP contribution in [0.15, 0.2) is 17.3 Å². The third-order valence-electron chi connectivity index (χ3n) is 3.16. The van der Waals surface area contributed by atoms with E-state index in [4.69, 9.17) is 0 Å². The molecule has 0 aromatic carbocycles. The first-order valence-corrected chi connectivity index (χ1v) is 7.15. The summed E-state index contributed by atoms with van der Waals surface area (Å²) in [6, 6.07) is 1.97. The van der Waals surface area contributed by atoms with Gasteiger partial charge in [-0.25, -0.2) is 0 Å². The summed E-state index contributed by atoms with van der Waals surface area (Å²) in [5, 5.41) is 10.6. The molecule has 0 bridgehead atoms. The Morgan fingerprint density at radius 1 is 1.36 bits per heavy atom. The second kappa shape index (κ2) is 12.2. The lowest BCUT2D eigenvalue weighted by atomic mass is 10.2. The summed E-state index contributed by atoms with van der Waals surface area (Å²) < 4.78 is 6.43. The van der Waals surface area contributed by atoms with Crippen LogP contribution in [0, 0.1) is 0 Å². The quantitative estimate of drug-likeness (QED) is 0.218. The average Bonchev–Trinajstić information content (AvgIpc) is 2.90. The highest BCUT2D eigenvalue weighted by atomic mass is 127. The van der Waals surface area contributed by atoms with E-state index in [-0.39, 0.29) is 29.9 Å². The van der Waals surface area contributed by atoms with Crippen molar-refractivity contribution in [2.24, 2.45) is 12.0 Å². The van der Waals surface area contributed by atoms with Gasteiger partial charge in [0.15, 0.2) is 5.96 Å². The number of hydrogen-bond acceptors (Lipinski definition) is 4. The van der Waals surface area contributed by atoms with Gasteiger partial charge in [-0.05, 0) is 18.9 Å². The zero-order chi connectivity index (χ0) is 15.5. The highest BCUT2D eigenvalue weighted by molar-refractivity contribution is 14.0. The van der Waals surface area contributed by atoms with Crippen molar-refractivity contribution in [3.8, 4) is 0 Å². The number of carbonyl (C=O) groups is 1. The van der Waals surface area contributed by atoms with Crippen molar-refractivity contribution in [2.45, 2.75) is 32.2 Å². The summed E-state index contributed by atoms with van der Waals surface area (Å²) in [6.45, 7) is 1.50. The monoisotopic (exact) mass is 423 g/mol. The zero-order valence-electron chi connectivity index (χ0n) is 13.5. The highest BCUT2D eigenvalue weighted by Crippen LogP contribution is 2.00. The molecule has 7 nitrogen and oxygen atoms in total. The van der Waals surface area contributed by atoms with Crippen molar-refractivity contribution < 1.29 is 9.53 Å². The largest absolute Gasteiger partial charge is 0.469 e. The van der Waals surface area contributed by atoms with Crippen LogP contribution in [0.1, 0.15) is 31.4 Å². The van der Waals surface area contributed by atoms with Gasteiger partial charge in [0.1, 0.15) is 0 Å². The number of aryl methyl sites for hydroxylation is 1. The number of guanidine groups is 1. The summed E-state index contributed by atoms with van der Waals surface area (Å²) in [4.78, 5) is 15.1. The molecule has 0 saturated heterocycles. The predicted octanol–water partition coefficient (Wildman–Crippen LogP) is 1.44. The number of halogens is 1. The number of methoxy groups -OCH3 is 1. The fraction of sp³-hybridized carbons (Fsp3) is 0.643. The van der Waals surface area contributed by atoms with Gasteiger partial charge >= 0.3 is 5.97 Å². The standard InChI is InChI=1S/C14H25N5O2.HI/c1-15-14(17-11-12-8-10-18-19(12)2)16-9-6-4-5-7-13(20)21-3;/h8,10H,4-7,9,11H2,1-3H3,(H2,15,16,17);1H. The van der Waals surface area contributed by atoms with E-state index in [9.17, 15) is 4.79 Å². The lowest BCUT2D eigenvalue weighted by Gasteiger charge is -2.11. The molecule has 0 fully saturated rings. The Balaban J connectivity index is 0.00000441. The summed E-state index contributed by atoms with van der Waals surface area (Å²) in [7, 11) is 5.08. The summed E-state index contributed by atoms with van der Waals surface area (Å²) in [5.74, 6) is 0.626. The van der Waals surface area contributed by atoms with Gasteiger partial charge in [-0.1, -0.05) is 6.42 Å². The van der Waals surface area contributed by atoms with Crippen LogP contribution >= 0.6 is 24.0 Å². The van der Waals surface area contributed by atoms with E-state index >= 15 is 0 Å². The number of carbonyl (C=O) groups excluding carboxylic acids is 1. The highest BCUT2D eigenvalue weighted by Gasteiger charge is 2.02. The number of esters is 1. The molecule has 0 radical (unpaired) electrons. The second-order valence-electron chi connectivity index (χ2n) is 4.69. The van der Waals surface area contributed by atoms with E-state index in [0.717, 1.165) is 37.5 Å². The van der Waals surface area contributed by atoms with E-state index in [2.05, 4.69) is 25.5 Å². The number of unbranched alkanes of at least 4 members (excludes halogenated alkanes) is 2. The Morgan fingerprint density at radius 2 is 2.14 bits per heavy atom. The molecule has 0 amide bonds. The van der Waals surface area contributed by atoms with Crippen molar-refractivity contribution in [1.29, 1.82) is 0 Å². The van der Waals surface area contributed by atoms with E-state index in [1.54, 1.807) is 13.2 Å². The van der Waals surface area contributed by atoms with Gasteiger partial charge in [0.25, 0.3) is 0 Å². The molecule has 0 saturated carbocycles. The molecule has 126 valence electrons. The first-order chi connectivity index (χ1) is 10.2. The van der Waals surface area contributed by atoms with E-state index in [1.165, 1.54) is 7.11 Å². The first kappa shape index (κ1) is 20.7.